The maximum atomic E-state index is 12.9. The quantitative estimate of drug-likeness (QED) is 0.0256. The number of carbonyl (C=O) groups excluding carboxylic acids is 3. The zero-order valence-electron chi connectivity index (χ0n) is 52.4. The van der Waals surface area contributed by atoms with Crippen LogP contribution >= 0.6 is 0 Å². The van der Waals surface area contributed by atoms with Gasteiger partial charge in [0.05, 0.1) is 40.3 Å². The molecular formula is C68H133NO8. The normalized spacial score (nSPS) is 12.6. The molecule has 0 aliphatic heterocycles. The van der Waals surface area contributed by atoms with E-state index in [1.807, 2.05) is 21.1 Å². The van der Waals surface area contributed by atoms with E-state index in [9.17, 15) is 19.5 Å². The van der Waals surface area contributed by atoms with Gasteiger partial charge < -0.3 is 33.3 Å². The molecule has 458 valence electrons. The lowest BCUT2D eigenvalue weighted by atomic mass is 10.0. The second-order valence-corrected chi connectivity index (χ2v) is 24.8. The average molecular weight is 1090 g/mol. The number of esters is 2. The number of rotatable bonds is 65. The first kappa shape index (κ1) is 75.3. The van der Waals surface area contributed by atoms with Crippen molar-refractivity contribution >= 4 is 17.9 Å². The van der Waals surface area contributed by atoms with Crippen molar-refractivity contribution in [2.45, 2.75) is 373 Å². The van der Waals surface area contributed by atoms with E-state index < -0.39 is 24.3 Å². The van der Waals surface area contributed by atoms with Crippen molar-refractivity contribution in [1.82, 2.24) is 0 Å². The third-order valence-corrected chi connectivity index (χ3v) is 15.9. The van der Waals surface area contributed by atoms with E-state index in [1.165, 1.54) is 295 Å². The number of quaternary nitrogens is 1. The fourth-order valence-corrected chi connectivity index (χ4v) is 10.6. The first-order valence-electron chi connectivity index (χ1n) is 34.2. The molecule has 0 radical (unpaired) electrons. The Morgan fingerprint density at radius 3 is 0.831 bits per heavy atom. The molecule has 0 spiro atoms. The molecular weight excluding hydrogens is 959 g/mol. The van der Waals surface area contributed by atoms with Gasteiger partial charge >= 0.3 is 11.9 Å². The number of hydrogen-bond donors (Lipinski definition) is 0. The van der Waals surface area contributed by atoms with Crippen LogP contribution in [0.2, 0.25) is 0 Å². The minimum atomic E-state index is -1.62. The molecule has 0 aromatic rings. The molecule has 0 amide bonds. The van der Waals surface area contributed by atoms with E-state index in [2.05, 4.69) is 13.8 Å². The Morgan fingerprint density at radius 2 is 0.584 bits per heavy atom. The minimum Gasteiger partial charge on any atom is -0.545 e. The molecule has 0 saturated carbocycles. The van der Waals surface area contributed by atoms with Gasteiger partial charge in [0.15, 0.2) is 12.4 Å². The minimum absolute atomic E-state index is 0.154. The van der Waals surface area contributed by atoms with Crippen LogP contribution in [0.1, 0.15) is 361 Å². The monoisotopic (exact) mass is 1090 g/mol. The molecule has 0 bridgehead atoms. The number of unbranched alkanes of at least 4 members (excludes halogenated alkanes) is 50. The highest BCUT2D eigenvalue weighted by atomic mass is 16.7. The van der Waals surface area contributed by atoms with Crippen molar-refractivity contribution < 1.29 is 42.9 Å². The maximum absolute atomic E-state index is 12.9. The molecule has 0 N–H and O–H groups in total. The summed E-state index contributed by atoms with van der Waals surface area (Å²) in [5.41, 5.74) is 0. The fraction of sp³-hybridized carbons (Fsp3) is 0.956. The molecule has 0 saturated heterocycles. The second kappa shape index (κ2) is 60.4. The first-order chi connectivity index (χ1) is 37.6. The van der Waals surface area contributed by atoms with E-state index >= 15 is 0 Å². The van der Waals surface area contributed by atoms with Crippen molar-refractivity contribution in [3.05, 3.63) is 0 Å². The molecule has 0 heterocycles. The SMILES string of the molecule is CCCCCCCCCCCCCCCCCCCCCCCCCCCCCCC(=O)OC(COC(=O)CCCCCCCCCCCCCCCCCCCCCCCCCC)COC(OCC[N+](C)(C)C)C(=O)[O-]. The van der Waals surface area contributed by atoms with Gasteiger partial charge in [-0.25, -0.2) is 0 Å². The lowest BCUT2D eigenvalue weighted by molar-refractivity contribution is -0.870. The number of aliphatic carboxylic acids is 1. The van der Waals surface area contributed by atoms with E-state index in [4.69, 9.17) is 18.9 Å². The highest BCUT2D eigenvalue weighted by molar-refractivity contribution is 5.70. The van der Waals surface area contributed by atoms with Gasteiger partial charge in [-0.2, -0.15) is 0 Å². The molecule has 0 aromatic heterocycles. The number of ether oxygens (including phenoxy) is 4. The number of carboxylic acids is 1. The van der Waals surface area contributed by atoms with Gasteiger partial charge in [0.1, 0.15) is 13.2 Å². The highest BCUT2D eigenvalue weighted by Gasteiger charge is 2.22. The molecule has 9 nitrogen and oxygen atoms in total. The summed E-state index contributed by atoms with van der Waals surface area (Å²) >= 11 is 0. The smallest absolute Gasteiger partial charge is 0.306 e. The van der Waals surface area contributed by atoms with Crippen molar-refractivity contribution in [3.63, 3.8) is 0 Å². The second-order valence-electron chi connectivity index (χ2n) is 24.8. The van der Waals surface area contributed by atoms with Gasteiger partial charge in [0, 0.05) is 12.8 Å². The summed E-state index contributed by atoms with van der Waals surface area (Å²) < 4.78 is 22.8. The molecule has 0 aliphatic carbocycles. The Hall–Kier alpha value is -1.71. The number of carbonyl (C=O) groups is 3. The van der Waals surface area contributed by atoms with Crippen LogP contribution in [0.3, 0.4) is 0 Å². The van der Waals surface area contributed by atoms with Crippen LogP contribution in [-0.2, 0) is 33.3 Å². The largest absolute Gasteiger partial charge is 0.545 e. The number of likely N-dealkylation sites (N-methyl/N-ethyl adjacent to an activating group) is 1. The van der Waals surface area contributed by atoms with Crippen molar-refractivity contribution in [3.8, 4) is 0 Å². The summed E-state index contributed by atoms with van der Waals surface area (Å²) in [6.45, 7) is 4.84. The summed E-state index contributed by atoms with van der Waals surface area (Å²) in [5, 5.41) is 11.8. The van der Waals surface area contributed by atoms with Crippen LogP contribution < -0.4 is 5.11 Å². The van der Waals surface area contributed by atoms with E-state index in [1.54, 1.807) is 0 Å². The van der Waals surface area contributed by atoms with Crippen molar-refractivity contribution in [1.29, 1.82) is 0 Å². The lowest BCUT2D eigenvalue weighted by Gasteiger charge is -2.26. The zero-order valence-corrected chi connectivity index (χ0v) is 52.4. The summed E-state index contributed by atoms with van der Waals surface area (Å²) in [6, 6.07) is 0. The molecule has 2 atom stereocenters. The molecule has 77 heavy (non-hydrogen) atoms. The average Bonchev–Trinajstić information content (AvgIpc) is 3.40. The van der Waals surface area contributed by atoms with E-state index in [0.717, 1.165) is 38.5 Å². The van der Waals surface area contributed by atoms with Crippen LogP contribution in [0.5, 0.6) is 0 Å². The van der Waals surface area contributed by atoms with Crippen LogP contribution in [0, 0.1) is 0 Å². The summed E-state index contributed by atoms with van der Waals surface area (Å²) in [6.07, 6.45) is 67.6. The number of carboxylic acid groups (broad SMARTS) is 1. The van der Waals surface area contributed by atoms with Crippen molar-refractivity contribution in [2.24, 2.45) is 0 Å². The fourth-order valence-electron chi connectivity index (χ4n) is 10.6. The summed E-state index contributed by atoms with van der Waals surface area (Å²) in [5.74, 6) is -2.24. The van der Waals surface area contributed by atoms with E-state index in [0.29, 0.717) is 17.4 Å². The number of hydrogen-bond acceptors (Lipinski definition) is 8. The van der Waals surface area contributed by atoms with Crippen LogP contribution in [0.4, 0.5) is 0 Å². The maximum Gasteiger partial charge on any atom is 0.306 e. The van der Waals surface area contributed by atoms with Crippen molar-refractivity contribution in [2.75, 3.05) is 47.5 Å². The highest BCUT2D eigenvalue weighted by Crippen LogP contribution is 2.19. The summed E-state index contributed by atoms with van der Waals surface area (Å²) in [7, 11) is 5.95. The predicted molar refractivity (Wildman–Crippen MR) is 325 cm³/mol. The van der Waals surface area contributed by atoms with Gasteiger partial charge in [0.2, 0.25) is 0 Å². The van der Waals surface area contributed by atoms with Crippen LogP contribution in [-0.4, -0.2) is 82.3 Å². The summed E-state index contributed by atoms with van der Waals surface area (Å²) in [4.78, 5) is 37.4. The standard InChI is InChI=1S/C68H133NO8/c1-6-8-10-12-14-16-18-20-22-24-26-28-30-32-33-34-35-37-39-41-43-45-47-49-51-53-55-57-59-66(71)77-64(63-76-68(67(72)73)74-61-60-69(3,4)5)62-75-65(70)58-56-54-52-50-48-46-44-42-40-38-36-31-29-27-25-23-21-19-17-15-13-11-9-7-2/h64,68H,6-63H2,1-5H3. The Balaban J connectivity index is 4.06. The Morgan fingerprint density at radius 1 is 0.338 bits per heavy atom. The van der Waals surface area contributed by atoms with Gasteiger partial charge in [-0.05, 0) is 12.8 Å². The third-order valence-electron chi connectivity index (χ3n) is 15.9. The van der Waals surface area contributed by atoms with Gasteiger partial charge in [-0.3, -0.25) is 9.59 Å². The van der Waals surface area contributed by atoms with E-state index in [-0.39, 0.29) is 32.2 Å². The first-order valence-corrected chi connectivity index (χ1v) is 34.2. The Bertz CT molecular complexity index is 1220. The lowest BCUT2D eigenvalue weighted by Crippen LogP contribution is -2.44. The Labute approximate surface area is 479 Å². The molecule has 0 aromatic carbocycles. The molecule has 0 fully saturated rings. The third kappa shape index (κ3) is 61.8. The molecule has 0 aliphatic rings. The molecule has 2 unspecified atom stereocenters. The Kier molecular flexibility index (Phi) is 59.0. The van der Waals surface area contributed by atoms with Gasteiger partial charge in [-0.1, -0.05) is 335 Å². The topological polar surface area (TPSA) is 111 Å². The van der Waals surface area contributed by atoms with Gasteiger partial charge in [-0.15, -0.1) is 0 Å². The molecule has 9 heteroatoms. The zero-order chi connectivity index (χ0) is 56.2. The van der Waals surface area contributed by atoms with Crippen LogP contribution in [0.25, 0.3) is 0 Å². The molecule has 0 rings (SSSR count). The van der Waals surface area contributed by atoms with Gasteiger partial charge in [0.25, 0.3) is 0 Å². The number of nitrogens with zero attached hydrogens (tertiary/aromatic N) is 1. The van der Waals surface area contributed by atoms with Crippen LogP contribution in [0.15, 0.2) is 0 Å². The predicted octanol–water partition coefficient (Wildman–Crippen LogP) is 19.4.